The Morgan fingerprint density at radius 1 is 1.25 bits per heavy atom. The number of nitrogens with one attached hydrogen (secondary N) is 1. The van der Waals surface area contributed by atoms with Gasteiger partial charge in [0, 0.05) is 36.4 Å². The number of hydrogen-bond donors (Lipinski definition) is 1. The van der Waals surface area contributed by atoms with Gasteiger partial charge >= 0.3 is 0 Å². The molecule has 0 fully saturated rings. The molecule has 4 nitrogen and oxygen atoms in total. The van der Waals surface area contributed by atoms with Gasteiger partial charge in [-0.2, -0.15) is 0 Å². The van der Waals surface area contributed by atoms with Crippen LogP contribution in [0.3, 0.4) is 0 Å². The third-order valence-electron chi connectivity index (χ3n) is 1.95. The van der Waals surface area contributed by atoms with Crippen LogP contribution in [0, 0.1) is 0 Å². The molecule has 3 rings (SSSR count). The van der Waals surface area contributed by atoms with Crippen molar-refractivity contribution in [1.29, 1.82) is 0 Å². The molecule has 0 saturated heterocycles. The molecule has 58 valence electrons. The van der Waals surface area contributed by atoms with Gasteiger partial charge in [0.15, 0.2) is 0 Å². The highest BCUT2D eigenvalue weighted by Crippen LogP contribution is 2.12. The van der Waals surface area contributed by atoms with Crippen molar-refractivity contribution in [1.82, 2.24) is 19.4 Å². The maximum absolute atomic E-state index is 4.17. The van der Waals surface area contributed by atoms with Gasteiger partial charge in [-0.1, -0.05) is 0 Å². The third-order valence-corrected chi connectivity index (χ3v) is 1.95. The third kappa shape index (κ3) is 0.567. The Hall–Kier alpha value is -1.84. The van der Waals surface area contributed by atoms with Gasteiger partial charge < -0.3 is 4.98 Å². The zero-order valence-corrected chi connectivity index (χ0v) is 6.23. The lowest BCUT2D eigenvalue weighted by Gasteiger charge is -1.92. The van der Waals surface area contributed by atoms with Gasteiger partial charge in [0.05, 0.1) is 5.52 Å². The number of H-pyrrole nitrogens is 1. The summed E-state index contributed by atoms with van der Waals surface area (Å²) in [5.41, 5.74) is 1.11. The van der Waals surface area contributed by atoms with E-state index in [1.54, 1.807) is 6.20 Å². The van der Waals surface area contributed by atoms with E-state index in [4.69, 9.17) is 0 Å². The summed E-state index contributed by atoms with van der Waals surface area (Å²) < 4.78 is 1.95. The quantitative estimate of drug-likeness (QED) is 0.534. The topological polar surface area (TPSA) is 46.0 Å². The molecular formula is C8H6N4. The Balaban J connectivity index is 2.71. The number of rotatable bonds is 0. The van der Waals surface area contributed by atoms with Crippen molar-refractivity contribution in [2.24, 2.45) is 0 Å². The maximum Gasteiger partial charge on any atom is 0.234 e. The summed E-state index contributed by atoms with van der Waals surface area (Å²) in [6.07, 6.45) is 9.31. The fourth-order valence-electron chi connectivity index (χ4n) is 1.39. The number of aromatic amines is 1. The molecule has 0 aromatic carbocycles. The van der Waals surface area contributed by atoms with E-state index in [0.717, 1.165) is 16.7 Å². The second kappa shape index (κ2) is 1.85. The first-order valence-electron chi connectivity index (χ1n) is 3.70. The molecule has 0 atom stereocenters. The fraction of sp³-hybridized carbons (Fsp3) is 0. The van der Waals surface area contributed by atoms with Crippen LogP contribution in [0.4, 0.5) is 0 Å². The smallest absolute Gasteiger partial charge is 0.234 e. The van der Waals surface area contributed by atoms with Crippen LogP contribution in [0.25, 0.3) is 16.7 Å². The number of aromatic nitrogens is 4. The molecule has 0 aliphatic rings. The van der Waals surface area contributed by atoms with Gasteiger partial charge in [-0.15, -0.1) is 0 Å². The van der Waals surface area contributed by atoms with Crippen molar-refractivity contribution in [3.8, 4) is 0 Å². The molecule has 0 aliphatic carbocycles. The van der Waals surface area contributed by atoms with Gasteiger partial charge in [0.25, 0.3) is 0 Å². The van der Waals surface area contributed by atoms with Gasteiger partial charge in [-0.25, -0.2) is 9.97 Å². The Bertz CT molecular complexity index is 484. The summed E-state index contributed by atoms with van der Waals surface area (Å²) in [5, 5.41) is 1.10. The standard InChI is InChI=1S/C8H6N4/c1-2-12-7-5-9-3-6(7)4-11-8(12)10-1/h1-5,9H. The number of fused-ring (bicyclic) bond motifs is 3. The monoisotopic (exact) mass is 158 g/mol. The van der Waals surface area contributed by atoms with Crippen LogP contribution < -0.4 is 0 Å². The van der Waals surface area contributed by atoms with Crippen molar-refractivity contribution in [2.75, 3.05) is 0 Å². The van der Waals surface area contributed by atoms with Crippen LogP contribution in [-0.2, 0) is 0 Å². The molecule has 12 heavy (non-hydrogen) atoms. The molecule has 0 radical (unpaired) electrons. The maximum atomic E-state index is 4.17. The largest absolute Gasteiger partial charge is 0.365 e. The zero-order chi connectivity index (χ0) is 7.97. The fourth-order valence-corrected chi connectivity index (χ4v) is 1.39. The highest BCUT2D eigenvalue weighted by atomic mass is 15.1. The first-order valence-corrected chi connectivity index (χ1v) is 3.70. The van der Waals surface area contributed by atoms with Crippen molar-refractivity contribution in [3.05, 3.63) is 31.0 Å². The first kappa shape index (κ1) is 5.77. The summed E-state index contributed by atoms with van der Waals surface area (Å²) in [6.45, 7) is 0. The first-order chi connectivity index (χ1) is 5.95. The minimum absolute atomic E-state index is 0.738. The molecule has 0 amide bonds. The Kier molecular flexibility index (Phi) is 0.889. The number of nitrogens with zero attached hydrogens (tertiary/aromatic N) is 3. The van der Waals surface area contributed by atoms with E-state index in [9.17, 15) is 0 Å². The molecule has 0 bridgehead atoms. The normalized spacial score (nSPS) is 11.3. The summed E-state index contributed by atoms with van der Waals surface area (Å²) in [7, 11) is 0. The van der Waals surface area contributed by atoms with Gasteiger partial charge in [-0.3, -0.25) is 4.40 Å². The Labute approximate surface area is 67.9 Å². The molecule has 0 aliphatic heterocycles. The van der Waals surface area contributed by atoms with Crippen LogP contribution >= 0.6 is 0 Å². The van der Waals surface area contributed by atoms with Crippen LogP contribution in [0.2, 0.25) is 0 Å². The second-order valence-corrected chi connectivity index (χ2v) is 2.65. The molecule has 1 N–H and O–H groups in total. The molecule has 4 heteroatoms. The molecule has 3 aromatic rings. The van der Waals surface area contributed by atoms with Crippen LogP contribution in [-0.4, -0.2) is 19.4 Å². The Morgan fingerprint density at radius 3 is 3.25 bits per heavy atom. The highest BCUT2D eigenvalue weighted by Gasteiger charge is 2.00. The van der Waals surface area contributed by atoms with Crippen molar-refractivity contribution in [3.63, 3.8) is 0 Å². The van der Waals surface area contributed by atoms with Crippen LogP contribution in [0.1, 0.15) is 0 Å². The lowest BCUT2D eigenvalue weighted by atomic mass is 10.4. The lowest BCUT2D eigenvalue weighted by molar-refractivity contribution is 1.17. The minimum Gasteiger partial charge on any atom is -0.365 e. The molecule has 0 unspecified atom stereocenters. The van der Waals surface area contributed by atoms with Crippen molar-refractivity contribution in [2.45, 2.75) is 0 Å². The van der Waals surface area contributed by atoms with E-state index in [1.165, 1.54) is 0 Å². The van der Waals surface area contributed by atoms with Gasteiger partial charge in [0.2, 0.25) is 5.78 Å². The molecule has 0 spiro atoms. The SMILES string of the molecule is c1cn2c(n1)ncc1c[nH]cc12. The number of hydrogen-bond acceptors (Lipinski definition) is 2. The number of imidazole rings is 1. The van der Waals surface area contributed by atoms with Crippen molar-refractivity contribution < 1.29 is 0 Å². The van der Waals surface area contributed by atoms with E-state index in [2.05, 4.69) is 15.0 Å². The summed E-state index contributed by atoms with van der Waals surface area (Å²) in [5.74, 6) is 0.738. The molecular weight excluding hydrogens is 152 g/mol. The van der Waals surface area contributed by atoms with E-state index in [-0.39, 0.29) is 0 Å². The molecule has 3 aromatic heterocycles. The second-order valence-electron chi connectivity index (χ2n) is 2.65. The van der Waals surface area contributed by atoms with Gasteiger partial charge in [0.1, 0.15) is 0 Å². The van der Waals surface area contributed by atoms with E-state index >= 15 is 0 Å². The van der Waals surface area contributed by atoms with Crippen LogP contribution in [0.15, 0.2) is 31.0 Å². The summed E-state index contributed by atoms with van der Waals surface area (Å²) in [4.78, 5) is 11.3. The average Bonchev–Trinajstić information content (AvgIpc) is 2.71. The lowest BCUT2D eigenvalue weighted by Crippen LogP contribution is -1.86. The minimum atomic E-state index is 0.738. The summed E-state index contributed by atoms with van der Waals surface area (Å²) >= 11 is 0. The summed E-state index contributed by atoms with van der Waals surface area (Å²) in [6, 6.07) is 0. The van der Waals surface area contributed by atoms with E-state index in [0.29, 0.717) is 0 Å². The van der Waals surface area contributed by atoms with Crippen molar-refractivity contribution >= 4 is 16.7 Å². The predicted molar refractivity (Wildman–Crippen MR) is 44.8 cm³/mol. The highest BCUT2D eigenvalue weighted by molar-refractivity contribution is 5.79. The van der Waals surface area contributed by atoms with E-state index in [1.807, 2.05) is 29.2 Å². The zero-order valence-electron chi connectivity index (χ0n) is 6.23. The Morgan fingerprint density at radius 2 is 2.25 bits per heavy atom. The van der Waals surface area contributed by atoms with Gasteiger partial charge in [-0.05, 0) is 0 Å². The average molecular weight is 158 g/mol. The predicted octanol–water partition coefficient (Wildman–Crippen LogP) is 1.21. The van der Waals surface area contributed by atoms with E-state index < -0.39 is 0 Å². The molecule has 0 saturated carbocycles. The molecule has 3 heterocycles. The van der Waals surface area contributed by atoms with Crippen LogP contribution in [0.5, 0.6) is 0 Å².